The zero-order chi connectivity index (χ0) is 21.5. The maximum absolute atomic E-state index is 13.1. The van der Waals surface area contributed by atoms with Gasteiger partial charge >= 0.3 is 0 Å². The van der Waals surface area contributed by atoms with E-state index in [1.807, 2.05) is 48.5 Å². The second-order valence-electron chi connectivity index (χ2n) is 7.70. The maximum atomic E-state index is 13.1. The van der Waals surface area contributed by atoms with Crippen molar-refractivity contribution in [3.63, 3.8) is 0 Å². The Morgan fingerprint density at radius 3 is 2.39 bits per heavy atom. The molecule has 31 heavy (non-hydrogen) atoms. The van der Waals surface area contributed by atoms with Crippen LogP contribution in [0, 0.1) is 0 Å². The van der Waals surface area contributed by atoms with E-state index in [9.17, 15) is 9.59 Å². The van der Waals surface area contributed by atoms with E-state index in [0.29, 0.717) is 24.3 Å². The lowest BCUT2D eigenvalue weighted by Crippen LogP contribution is -2.30. The van der Waals surface area contributed by atoms with Gasteiger partial charge in [-0.15, -0.1) is 0 Å². The smallest absolute Gasteiger partial charge is 0.253 e. The number of amides is 2. The largest absolute Gasteiger partial charge is 0.368 e. The Hall–Kier alpha value is -3.44. The van der Waals surface area contributed by atoms with Crippen molar-refractivity contribution >= 4 is 17.5 Å². The van der Waals surface area contributed by atoms with Gasteiger partial charge in [0.05, 0.1) is 6.04 Å². The van der Waals surface area contributed by atoms with Crippen molar-refractivity contribution in [2.45, 2.75) is 31.4 Å². The van der Waals surface area contributed by atoms with E-state index in [0.717, 1.165) is 24.0 Å². The molecule has 0 unspecified atom stereocenters. The summed E-state index contributed by atoms with van der Waals surface area (Å²) in [5.74, 6) is -0.348. The number of hydrogen-bond acceptors (Lipinski definition) is 3. The third kappa shape index (κ3) is 5.58. The van der Waals surface area contributed by atoms with Crippen LogP contribution in [0.3, 0.4) is 0 Å². The summed E-state index contributed by atoms with van der Waals surface area (Å²) in [5, 5.41) is 6.02. The number of carbonyl (C=O) groups is 2. The molecule has 2 atom stereocenters. The Kier molecular flexibility index (Phi) is 6.75. The molecule has 2 amide bonds. The van der Waals surface area contributed by atoms with Gasteiger partial charge in [-0.2, -0.15) is 0 Å². The molecule has 0 spiro atoms. The molecule has 4 rings (SSSR count). The number of ether oxygens (including phenoxy) is 1. The fourth-order valence-electron chi connectivity index (χ4n) is 3.77. The monoisotopic (exact) mass is 414 g/mol. The summed E-state index contributed by atoms with van der Waals surface area (Å²) in [6.45, 7) is 0.614. The van der Waals surface area contributed by atoms with Gasteiger partial charge in [0.1, 0.15) is 6.10 Å². The highest BCUT2D eigenvalue weighted by Gasteiger charge is 2.24. The first kappa shape index (κ1) is 20.8. The number of rotatable bonds is 7. The predicted octanol–water partition coefficient (Wildman–Crippen LogP) is 4.52. The van der Waals surface area contributed by atoms with Gasteiger partial charge in [0.25, 0.3) is 11.8 Å². The fourth-order valence-corrected chi connectivity index (χ4v) is 3.77. The number of carbonyl (C=O) groups excluding carboxylic acids is 2. The standard InChI is InChI=1S/C26H26N2O3/c29-25(21-13-7-14-22(18-21)27-26(30)24-15-8-16-31-24)28-23(20-11-5-2-6-12-20)17-19-9-3-1-4-10-19/h1-7,9-14,18,23-24H,8,15-17H2,(H,27,30)(H,28,29)/t23-,24+/m1/s1. The van der Waals surface area contributed by atoms with Crippen LogP contribution in [0.2, 0.25) is 0 Å². The van der Waals surface area contributed by atoms with Crippen LogP contribution in [-0.4, -0.2) is 24.5 Å². The SMILES string of the molecule is O=C(N[C@H](Cc1ccccc1)c1ccccc1)c1cccc(NC(=O)[C@@H]2CCCO2)c1. The molecule has 2 N–H and O–H groups in total. The summed E-state index contributed by atoms with van der Waals surface area (Å²) < 4.78 is 5.43. The number of hydrogen-bond donors (Lipinski definition) is 2. The molecule has 1 aliphatic heterocycles. The van der Waals surface area contributed by atoms with Gasteiger partial charge in [0.15, 0.2) is 0 Å². The number of anilines is 1. The van der Waals surface area contributed by atoms with Crippen molar-refractivity contribution in [3.8, 4) is 0 Å². The van der Waals surface area contributed by atoms with Crippen molar-refractivity contribution in [1.82, 2.24) is 5.32 Å². The van der Waals surface area contributed by atoms with Crippen LogP contribution >= 0.6 is 0 Å². The van der Waals surface area contributed by atoms with E-state index >= 15 is 0 Å². The van der Waals surface area contributed by atoms with E-state index < -0.39 is 6.10 Å². The highest BCUT2D eigenvalue weighted by Crippen LogP contribution is 2.20. The van der Waals surface area contributed by atoms with Crippen LogP contribution in [0.15, 0.2) is 84.9 Å². The van der Waals surface area contributed by atoms with E-state index in [-0.39, 0.29) is 17.9 Å². The average molecular weight is 415 g/mol. The van der Waals surface area contributed by atoms with E-state index in [1.165, 1.54) is 0 Å². The van der Waals surface area contributed by atoms with E-state index in [1.54, 1.807) is 24.3 Å². The van der Waals surface area contributed by atoms with Crippen LogP contribution in [0.4, 0.5) is 5.69 Å². The summed E-state index contributed by atoms with van der Waals surface area (Å²) in [4.78, 5) is 25.4. The van der Waals surface area contributed by atoms with Gasteiger partial charge in [0, 0.05) is 17.9 Å². The molecule has 3 aromatic carbocycles. The Labute approximate surface area is 182 Å². The Bertz CT molecular complexity index is 1020. The van der Waals surface area contributed by atoms with Crippen molar-refractivity contribution in [3.05, 3.63) is 102 Å². The molecule has 0 saturated carbocycles. The first-order valence-corrected chi connectivity index (χ1v) is 10.6. The topological polar surface area (TPSA) is 67.4 Å². The maximum Gasteiger partial charge on any atom is 0.253 e. The van der Waals surface area contributed by atoms with Crippen molar-refractivity contribution in [1.29, 1.82) is 0 Å². The predicted molar refractivity (Wildman–Crippen MR) is 121 cm³/mol. The molecule has 0 aliphatic carbocycles. The van der Waals surface area contributed by atoms with Crippen LogP contribution in [0.1, 0.15) is 40.4 Å². The molecular weight excluding hydrogens is 388 g/mol. The third-order valence-electron chi connectivity index (χ3n) is 5.40. The minimum Gasteiger partial charge on any atom is -0.368 e. The Morgan fingerprint density at radius 2 is 1.68 bits per heavy atom. The van der Waals surface area contributed by atoms with Gasteiger partial charge in [-0.1, -0.05) is 66.7 Å². The van der Waals surface area contributed by atoms with Gasteiger partial charge in [-0.05, 0) is 48.6 Å². The van der Waals surface area contributed by atoms with Crippen molar-refractivity contribution in [2.24, 2.45) is 0 Å². The summed E-state index contributed by atoms with van der Waals surface area (Å²) in [5.41, 5.74) is 3.28. The van der Waals surface area contributed by atoms with Crippen LogP contribution < -0.4 is 10.6 Å². The second kappa shape index (κ2) is 10.0. The summed E-state index contributed by atoms with van der Waals surface area (Å²) in [6, 6.07) is 26.9. The van der Waals surface area contributed by atoms with Gasteiger partial charge in [-0.3, -0.25) is 9.59 Å². The fraction of sp³-hybridized carbons (Fsp3) is 0.231. The average Bonchev–Trinajstić information content (AvgIpc) is 3.35. The Balaban J connectivity index is 1.48. The molecule has 1 saturated heterocycles. The zero-order valence-corrected chi connectivity index (χ0v) is 17.3. The lowest BCUT2D eigenvalue weighted by atomic mass is 9.98. The van der Waals surface area contributed by atoms with Crippen LogP contribution in [-0.2, 0) is 16.0 Å². The molecule has 0 radical (unpaired) electrons. The summed E-state index contributed by atoms with van der Waals surface area (Å²) in [7, 11) is 0. The lowest BCUT2D eigenvalue weighted by molar-refractivity contribution is -0.124. The molecule has 1 fully saturated rings. The van der Waals surface area contributed by atoms with Gasteiger partial charge in [0.2, 0.25) is 0 Å². The summed E-state index contributed by atoms with van der Waals surface area (Å²) in [6.07, 6.45) is 1.89. The summed E-state index contributed by atoms with van der Waals surface area (Å²) >= 11 is 0. The highest BCUT2D eigenvalue weighted by atomic mass is 16.5. The van der Waals surface area contributed by atoms with Crippen molar-refractivity contribution < 1.29 is 14.3 Å². The first-order valence-electron chi connectivity index (χ1n) is 10.6. The molecule has 1 aliphatic rings. The molecule has 0 aromatic heterocycles. The lowest BCUT2D eigenvalue weighted by Gasteiger charge is -2.20. The van der Waals surface area contributed by atoms with Crippen molar-refractivity contribution in [2.75, 3.05) is 11.9 Å². The first-order chi connectivity index (χ1) is 15.2. The number of benzene rings is 3. The van der Waals surface area contributed by atoms with Crippen LogP contribution in [0.25, 0.3) is 0 Å². The van der Waals surface area contributed by atoms with E-state index in [2.05, 4.69) is 22.8 Å². The van der Waals surface area contributed by atoms with Gasteiger partial charge in [-0.25, -0.2) is 0 Å². The molecule has 3 aromatic rings. The molecule has 5 heteroatoms. The molecular formula is C26H26N2O3. The van der Waals surface area contributed by atoms with Gasteiger partial charge < -0.3 is 15.4 Å². The minimum absolute atomic E-state index is 0.165. The zero-order valence-electron chi connectivity index (χ0n) is 17.3. The van der Waals surface area contributed by atoms with Crippen LogP contribution in [0.5, 0.6) is 0 Å². The van der Waals surface area contributed by atoms with E-state index in [4.69, 9.17) is 4.74 Å². The quantitative estimate of drug-likeness (QED) is 0.597. The molecule has 5 nitrogen and oxygen atoms in total. The third-order valence-corrected chi connectivity index (χ3v) is 5.40. The number of nitrogens with one attached hydrogen (secondary N) is 2. The second-order valence-corrected chi connectivity index (χ2v) is 7.70. The molecule has 158 valence electrons. The molecule has 0 bridgehead atoms. The minimum atomic E-state index is -0.411. The highest BCUT2D eigenvalue weighted by molar-refractivity contribution is 5.98. The molecule has 1 heterocycles. The normalized spacial score (nSPS) is 16.5. The Morgan fingerprint density at radius 1 is 0.935 bits per heavy atom.